The molecule has 0 unspecified atom stereocenters. The normalized spacial score (nSPS) is 10.6. The zero-order valence-corrected chi connectivity index (χ0v) is 7.40. The fourth-order valence-corrected chi connectivity index (χ4v) is 1.34. The average molecular weight is 177 g/mol. The lowest BCUT2D eigenvalue weighted by molar-refractivity contribution is 0.333. The minimum Gasteiger partial charge on any atom is -0.476 e. The molecule has 0 fully saturated rings. The van der Waals surface area contributed by atoms with E-state index in [-0.39, 0.29) is 6.73 Å². The fourth-order valence-electron chi connectivity index (χ4n) is 1.34. The number of fused-ring (bicyclic) bond motifs is 1. The quantitative estimate of drug-likeness (QED) is 0.692. The standard InChI is InChI=1S/C9H11N3O/c1-12-5-7-3-2-4-8(13-6-10)9(7)11-12/h2-5H,6,10H2,1H3. The first-order valence-corrected chi connectivity index (χ1v) is 4.06. The first-order valence-electron chi connectivity index (χ1n) is 4.06. The van der Waals surface area contributed by atoms with Crippen LogP contribution in [0.15, 0.2) is 24.4 Å². The molecular formula is C9H11N3O. The van der Waals surface area contributed by atoms with Crippen LogP contribution in [0.4, 0.5) is 0 Å². The predicted octanol–water partition coefficient (Wildman–Crippen LogP) is 0.868. The van der Waals surface area contributed by atoms with Gasteiger partial charge in [-0.05, 0) is 6.07 Å². The Balaban J connectivity index is 2.60. The minimum absolute atomic E-state index is 0.176. The van der Waals surface area contributed by atoms with Gasteiger partial charge in [0.25, 0.3) is 0 Å². The molecule has 0 saturated carbocycles. The summed E-state index contributed by atoms with van der Waals surface area (Å²) in [5, 5.41) is 5.33. The third-order valence-electron chi connectivity index (χ3n) is 1.85. The zero-order chi connectivity index (χ0) is 9.26. The Morgan fingerprint density at radius 3 is 3.15 bits per heavy atom. The van der Waals surface area contributed by atoms with E-state index in [1.54, 1.807) is 4.68 Å². The van der Waals surface area contributed by atoms with E-state index in [1.165, 1.54) is 0 Å². The van der Waals surface area contributed by atoms with Gasteiger partial charge in [0.05, 0.1) is 0 Å². The van der Waals surface area contributed by atoms with Crippen molar-refractivity contribution in [2.45, 2.75) is 0 Å². The molecule has 0 aliphatic carbocycles. The Bertz CT molecular complexity index is 422. The van der Waals surface area contributed by atoms with Crippen LogP contribution in [0.5, 0.6) is 5.75 Å². The lowest BCUT2D eigenvalue weighted by atomic mass is 10.2. The molecule has 13 heavy (non-hydrogen) atoms. The molecule has 68 valence electrons. The highest BCUT2D eigenvalue weighted by molar-refractivity contribution is 5.83. The van der Waals surface area contributed by atoms with Gasteiger partial charge in [-0.3, -0.25) is 10.4 Å². The third kappa shape index (κ3) is 1.36. The number of nitrogens with zero attached hydrogens (tertiary/aromatic N) is 2. The number of aryl methyl sites for hydroxylation is 1. The monoisotopic (exact) mass is 177 g/mol. The molecule has 4 nitrogen and oxygen atoms in total. The van der Waals surface area contributed by atoms with Crippen molar-refractivity contribution in [3.8, 4) is 5.75 Å². The molecule has 4 heteroatoms. The summed E-state index contributed by atoms with van der Waals surface area (Å²) < 4.78 is 6.99. The fraction of sp³-hybridized carbons (Fsp3) is 0.222. The van der Waals surface area contributed by atoms with Crippen LogP contribution in [0.25, 0.3) is 10.9 Å². The second kappa shape index (κ2) is 3.06. The summed E-state index contributed by atoms with van der Waals surface area (Å²) in [5.74, 6) is 0.737. The van der Waals surface area contributed by atoms with E-state index in [1.807, 2.05) is 31.4 Å². The maximum atomic E-state index is 5.30. The molecule has 0 saturated heterocycles. The van der Waals surface area contributed by atoms with Gasteiger partial charge in [-0.25, -0.2) is 0 Å². The molecule has 2 aromatic rings. The number of rotatable bonds is 2. The highest BCUT2D eigenvalue weighted by Crippen LogP contribution is 2.22. The third-order valence-corrected chi connectivity index (χ3v) is 1.85. The number of ether oxygens (including phenoxy) is 1. The van der Waals surface area contributed by atoms with Gasteiger partial charge < -0.3 is 4.74 Å². The number of nitrogens with two attached hydrogens (primary N) is 1. The molecular weight excluding hydrogens is 166 g/mol. The van der Waals surface area contributed by atoms with Crippen LogP contribution < -0.4 is 10.5 Å². The van der Waals surface area contributed by atoms with Crippen molar-refractivity contribution >= 4 is 10.9 Å². The molecule has 1 aromatic carbocycles. The summed E-state index contributed by atoms with van der Waals surface area (Å²) in [6.07, 6.45) is 1.94. The smallest absolute Gasteiger partial charge is 0.149 e. The second-order valence-electron chi connectivity index (χ2n) is 2.81. The lowest BCUT2D eigenvalue weighted by Crippen LogP contribution is -2.07. The number of hydrogen-bond acceptors (Lipinski definition) is 3. The molecule has 0 aliphatic heterocycles. The molecule has 0 amide bonds. The molecule has 0 atom stereocenters. The number of benzene rings is 1. The molecule has 0 aliphatic rings. The van der Waals surface area contributed by atoms with Crippen LogP contribution in [-0.2, 0) is 7.05 Å². The summed E-state index contributed by atoms with van der Waals surface area (Å²) in [6.45, 7) is 0.176. The van der Waals surface area contributed by atoms with Crippen LogP contribution in [-0.4, -0.2) is 16.5 Å². The van der Waals surface area contributed by atoms with Gasteiger partial charge in [0, 0.05) is 18.6 Å². The van der Waals surface area contributed by atoms with E-state index in [9.17, 15) is 0 Å². The summed E-state index contributed by atoms with van der Waals surface area (Å²) in [6, 6.07) is 5.78. The predicted molar refractivity (Wildman–Crippen MR) is 50.4 cm³/mol. The topological polar surface area (TPSA) is 53.1 Å². The molecule has 1 heterocycles. The minimum atomic E-state index is 0.176. The van der Waals surface area contributed by atoms with Gasteiger partial charge in [0.1, 0.15) is 18.0 Å². The van der Waals surface area contributed by atoms with Gasteiger partial charge in [-0.2, -0.15) is 5.10 Å². The first-order chi connectivity index (χ1) is 6.31. The van der Waals surface area contributed by atoms with Gasteiger partial charge >= 0.3 is 0 Å². The Hall–Kier alpha value is -1.55. The van der Waals surface area contributed by atoms with Gasteiger partial charge in [-0.15, -0.1) is 0 Å². The van der Waals surface area contributed by atoms with Crippen molar-refractivity contribution in [2.24, 2.45) is 12.8 Å². The number of hydrogen-bond donors (Lipinski definition) is 1. The van der Waals surface area contributed by atoms with Crippen LogP contribution in [0.1, 0.15) is 0 Å². The Kier molecular flexibility index (Phi) is 1.90. The number of aromatic nitrogens is 2. The van der Waals surface area contributed by atoms with E-state index in [2.05, 4.69) is 5.10 Å². The van der Waals surface area contributed by atoms with Crippen molar-refractivity contribution in [1.29, 1.82) is 0 Å². The Morgan fingerprint density at radius 2 is 2.38 bits per heavy atom. The summed E-state index contributed by atoms with van der Waals surface area (Å²) in [4.78, 5) is 0. The van der Waals surface area contributed by atoms with Crippen molar-refractivity contribution in [3.05, 3.63) is 24.4 Å². The van der Waals surface area contributed by atoms with E-state index in [0.29, 0.717) is 0 Å². The van der Waals surface area contributed by atoms with E-state index >= 15 is 0 Å². The van der Waals surface area contributed by atoms with Gasteiger partial charge in [-0.1, -0.05) is 12.1 Å². The molecule has 0 radical (unpaired) electrons. The average Bonchev–Trinajstić information content (AvgIpc) is 2.47. The van der Waals surface area contributed by atoms with Gasteiger partial charge in [0.15, 0.2) is 0 Å². The molecule has 0 bridgehead atoms. The van der Waals surface area contributed by atoms with Crippen LogP contribution in [0, 0.1) is 0 Å². The summed E-state index contributed by atoms with van der Waals surface area (Å²) in [5.41, 5.74) is 6.16. The van der Waals surface area contributed by atoms with Crippen molar-refractivity contribution in [2.75, 3.05) is 6.73 Å². The van der Waals surface area contributed by atoms with Crippen molar-refractivity contribution in [3.63, 3.8) is 0 Å². The van der Waals surface area contributed by atoms with E-state index < -0.39 is 0 Å². The Morgan fingerprint density at radius 1 is 1.54 bits per heavy atom. The van der Waals surface area contributed by atoms with Crippen molar-refractivity contribution in [1.82, 2.24) is 9.78 Å². The molecule has 1 aromatic heterocycles. The maximum Gasteiger partial charge on any atom is 0.149 e. The molecule has 2 N–H and O–H groups in total. The van der Waals surface area contributed by atoms with Crippen LogP contribution >= 0.6 is 0 Å². The first kappa shape index (κ1) is 8.07. The van der Waals surface area contributed by atoms with E-state index in [4.69, 9.17) is 10.5 Å². The maximum absolute atomic E-state index is 5.30. The van der Waals surface area contributed by atoms with Gasteiger partial charge in [0.2, 0.25) is 0 Å². The lowest BCUT2D eigenvalue weighted by Gasteiger charge is -2.01. The SMILES string of the molecule is Cn1cc2cccc(OCN)c2n1. The largest absolute Gasteiger partial charge is 0.476 e. The highest BCUT2D eigenvalue weighted by atomic mass is 16.5. The second-order valence-corrected chi connectivity index (χ2v) is 2.81. The van der Waals surface area contributed by atoms with E-state index in [0.717, 1.165) is 16.7 Å². The Labute approximate surface area is 75.9 Å². The highest BCUT2D eigenvalue weighted by Gasteiger charge is 2.04. The summed E-state index contributed by atoms with van der Waals surface area (Å²) >= 11 is 0. The summed E-state index contributed by atoms with van der Waals surface area (Å²) in [7, 11) is 1.88. The zero-order valence-electron chi connectivity index (χ0n) is 7.40. The molecule has 2 rings (SSSR count). The van der Waals surface area contributed by atoms with Crippen LogP contribution in [0.3, 0.4) is 0 Å². The van der Waals surface area contributed by atoms with Crippen LogP contribution in [0.2, 0.25) is 0 Å². The van der Waals surface area contributed by atoms with Crippen molar-refractivity contribution < 1.29 is 4.74 Å². The molecule has 0 spiro atoms.